The maximum absolute atomic E-state index is 12.5. The lowest BCUT2D eigenvalue weighted by molar-refractivity contribution is -0.140. The highest BCUT2D eigenvalue weighted by atomic mass is 32.1. The number of benzene rings is 2. The van der Waals surface area contributed by atoms with Crippen LogP contribution in [0.3, 0.4) is 0 Å². The molecule has 2 aromatic heterocycles. The molecular formula is C30H32O8S2. The van der Waals surface area contributed by atoms with Gasteiger partial charge in [0.25, 0.3) is 0 Å². The van der Waals surface area contributed by atoms with E-state index < -0.39 is 5.97 Å². The number of rotatable bonds is 14. The fourth-order valence-corrected chi connectivity index (χ4v) is 6.19. The highest BCUT2D eigenvalue weighted by molar-refractivity contribution is 7.21. The minimum Gasteiger partial charge on any atom is -0.493 e. The summed E-state index contributed by atoms with van der Waals surface area (Å²) in [7, 11) is 4.44. The third kappa shape index (κ3) is 6.92. The summed E-state index contributed by atoms with van der Waals surface area (Å²) in [6, 6.07) is 11.1. The summed E-state index contributed by atoms with van der Waals surface area (Å²) in [4.78, 5) is 37.7. The smallest absolute Gasteiger partial charge is 0.305 e. The van der Waals surface area contributed by atoms with Crippen LogP contribution in [0.1, 0.15) is 52.5 Å². The van der Waals surface area contributed by atoms with Gasteiger partial charge in [-0.15, -0.1) is 22.7 Å². The zero-order valence-electron chi connectivity index (χ0n) is 23.2. The summed E-state index contributed by atoms with van der Waals surface area (Å²) in [6.07, 6.45) is 0.647. The first-order valence-corrected chi connectivity index (χ1v) is 14.5. The van der Waals surface area contributed by atoms with Crippen molar-refractivity contribution in [1.82, 2.24) is 0 Å². The van der Waals surface area contributed by atoms with Crippen LogP contribution in [0.4, 0.5) is 0 Å². The molecule has 0 fully saturated rings. The second kappa shape index (κ2) is 13.1. The number of ketones is 2. The second-order valence-electron chi connectivity index (χ2n) is 9.52. The van der Waals surface area contributed by atoms with E-state index in [0.29, 0.717) is 40.2 Å². The van der Waals surface area contributed by atoms with Crippen LogP contribution >= 0.6 is 22.7 Å². The van der Waals surface area contributed by atoms with Crippen LogP contribution in [0, 0.1) is 5.92 Å². The molecule has 0 aliphatic carbocycles. The average Bonchev–Trinajstić information content (AvgIpc) is 3.55. The fourth-order valence-electron chi connectivity index (χ4n) is 4.13. The van der Waals surface area contributed by atoms with Crippen molar-refractivity contribution in [2.24, 2.45) is 5.92 Å². The van der Waals surface area contributed by atoms with E-state index in [4.69, 9.17) is 18.9 Å². The van der Waals surface area contributed by atoms with Crippen LogP contribution in [0.15, 0.2) is 36.4 Å². The molecule has 4 rings (SSSR count). The quantitative estimate of drug-likeness (QED) is 0.0892. The highest BCUT2D eigenvalue weighted by Crippen LogP contribution is 2.38. The van der Waals surface area contributed by atoms with Gasteiger partial charge in [0.05, 0.1) is 37.5 Å². The van der Waals surface area contributed by atoms with E-state index in [9.17, 15) is 14.4 Å². The molecule has 0 spiro atoms. The summed E-state index contributed by atoms with van der Waals surface area (Å²) in [6.45, 7) is 4.54. The van der Waals surface area contributed by atoms with Crippen LogP contribution in [-0.2, 0) is 9.53 Å². The third-order valence-corrected chi connectivity index (χ3v) is 8.41. The number of fused-ring (bicyclic) bond motifs is 2. The van der Waals surface area contributed by atoms with Gasteiger partial charge in [-0.3, -0.25) is 14.4 Å². The van der Waals surface area contributed by atoms with Gasteiger partial charge >= 0.3 is 5.97 Å². The standard InChI is InChI=1S/C30H32O8S2/c1-17(2)10-21(32)29-14-19-12-25(23(35-4)16-27(19)40-29)38-9-8-37-24-11-18-13-28(20(31)6-7-30(33)36-5)39-26(18)15-22(24)34-3/h11-17H,6-10H2,1-5H3. The number of hydrogen-bond donors (Lipinski definition) is 0. The number of hydrogen-bond acceptors (Lipinski definition) is 10. The van der Waals surface area contributed by atoms with Gasteiger partial charge in [-0.2, -0.15) is 0 Å². The fraction of sp³-hybridized carbons (Fsp3) is 0.367. The monoisotopic (exact) mass is 584 g/mol. The Kier molecular flexibility index (Phi) is 9.65. The molecule has 0 aliphatic heterocycles. The lowest BCUT2D eigenvalue weighted by Gasteiger charge is -2.13. The molecule has 0 N–H and O–H groups in total. The molecule has 0 radical (unpaired) electrons. The summed E-state index contributed by atoms with van der Waals surface area (Å²) in [5.41, 5.74) is 0. The predicted molar refractivity (Wildman–Crippen MR) is 157 cm³/mol. The maximum Gasteiger partial charge on any atom is 0.305 e. The van der Waals surface area contributed by atoms with Crippen LogP contribution in [0.2, 0.25) is 0 Å². The Labute approximate surface area is 240 Å². The number of Topliss-reactive ketones (excluding diaryl/α,β-unsaturated/α-hetero) is 2. The lowest BCUT2D eigenvalue weighted by atomic mass is 10.1. The van der Waals surface area contributed by atoms with Crippen molar-refractivity contribution in [2.75, 3.05) is 34.5 Å². The first kappa shape index (κ1) is 29.4. The normalized spacial score (nSPS) is 11.2. The van der Waals surface area contributed by atoms with E-state index in [1.54, 1.807) is 20.3 Å². The van der Waals surface area contributed by atoms with Gasteiger partial charge in [-0.25, -0.2) is 0 Å². The van der Waals surface area contributed by atoms with Crippen molar-refractivity contribution in [3.8, 4) is 23.0 Å². The van der Waals surface area contributed by atoms with Crippen molar-refractivity contribution in [3.63, 3.8) is 0 Å². The summed E-state index contributed by atoms with van der Waals surface area (Å²) in [5.74, 6) is 2.12. The zero-order valence-corrected chi connectivity index (χ0v) is 24.8. The van der Waals surface area contributed by atoms with E-state index >= 15 is 0 Å². The van der Waals surface area contributed by atoms with Crippen LogP contribution in [0.5, 0.6) is 23.0 Å². The lowest BCUT2D eigenvalue weighted by Crippen LogP contribution is -2.10. The second-order valence-corrected chi connectivity index (χ2v) is 11.7. The Morgan fingerprint density at radius 3 is 1.62 bits per heavy atom. The average molecular weight is 585 g/mol. The van der Waals surface area contributed by atoms with Crippen LogP contribution < -0.4 is 18.9 Å². The van der Waals surface area contributed by atoms with Crippen LogP contribution in [-0.4, -0.2) is 52.1 Å². The Hall–Kier alpha value is -3.63. The number of ether oxygens (including phenoxy) is 5. The third-order valence-electron chi connectivity index (χ3n) is 6.13. The molecule has 40 heavy (non-hydrogen) atoms. The molecule has 0 saturated heterocycles. The molecule has 0 bridgehead atoms. The molecule has 212 valence electrons. The van der Waals surface area contributed by atoms with Gasteiger partial charge in [0, 0.05) is 34.4 Å². The molecular weight excluding hydrogens is 552 g/mol. The summed E-state index contributed by atoms with van der Waals surface area (Å²) >= 11 is 2.80. The summed E-state index contributed by atoms with van der Waals surface area (Å²) in [5, 5.41) is 1.77. The van der Waals surface area contributed by atoms with E-state index in [0.717, 1.165) is 25.0 Å². The molecule has 2 aromatic carbocycles. The number of esters is 1. The number of carbonyl (C=O) groups is 3. The molecule has 2 heterocycles. The van der Waals surface area contributed by atoms with Crippen molar-refractivity contribution >= 4 is 60.4 Å². The van der Waals surface area contributed by atoms with Gasteiger partial charge in [0.15, 0.2) is 34.6 Å². The minimum atomic E-state index is -0.414. The van der Waals surface area contributed by atoms with Gasteiger partial charge < -0.3 is 23.7 Å². The minimum absolute atomic E-state index is 0.0445. The van der Waals surface area contributed by atoms with Gasteiger partial charge in [0.1, 0.15) is 13.2 Å². The first-order valence-electron chi connectivity index (χ1n) is 12.8. The van der Waals surface area contributed by atoms with Crippen molar-refractivity contribution in [1.29, 1.82) is 0 Å². The molecule has 0 atom stereocenters. The molecule has 0 aliphatic rings. The van der Waals surface area contributed by atoms with E-state index in [-0.39, 0.29) is 37.6 Å². The predicted octanol–water partition coefficient (Wildman–Crippen LogP) is 6.96. The molecule has 0 saturated carbocycles. The van der Waals surface area contributed by atoms with Crippen LogP contribution in [0.25, 0.3) is 20.2 Å². The number of carbonyl (C=O) groups excluding carboxylic acids is 3. The van der Waals surface area contributed by atoms with Gasteiger partial charge in [-0.1, -0.05) is 13.8 Å². The van der Waals surface area contributed by atoms with E-state index in [1.165, 1.54) is 29.8 Å². The Morgan fingerprint density at radius 1 is 0.675 bits per heavy atom. The highest BCUT2D eigenvalue weighted by Gasteiger charge is 2.17. The molecule has 4 aromatic rings. The topological polar surface area (TPSA) is 97.4 Å². The van der Waals surface area contributed by atoms with Crippen molar-refractivity contribution < 1.29 is 38.1 Å². The molecule has 8 nitrogen and oxygen atoms in total. The molecule has 0 amide bonds. The SMILES string of the molecule is COC(=O)CCC(=O)c1cc2cc(OCCOc3cc4cc(C(=O)CC(C)C)sc4cc3OC)c(OC)cc2s1. The Morgan fingerprint density at radius 2 is 1.18 bits per heavy atom. The number of thiophene rings is 2. The van der Waals surface area contributed by atoms with Gasteiger partial charge in [-0.05, 0) is 41.0 Å². The van der Waals surface area contributed by atoms with Crippen molar-refractivity contribution in [2.45, 2.75) is 33.1 Å². The zero-order chi connectivity index (χ0) is 28.8. The summed E-state index contributed by atoms with van der Waals surface area (Å²) < 4.78 is 29.5. The van der Waals surface area contributed by atoms with Gasteiger partial charge in [0.2, 0.25) is 0 Å². The van der Waals surface area contributed by atoms with E-state index in [2.05, 4.69) is 4.74 Å². The Balaban J connectivity index is 1.42. The molecule has 0 unspecified atom stereocenters. The van der Waals surface area contributed by atoms with Crippen molar-refractivity contribution in [3.05, 3.63) is 46.2 Å². The Bertz CT molecular complexity index is 1530. The maximum atomic E-state index is 12.5. The number of methoxy groups -OCH3 is 3. The largest absolute Gasteiger partial charge is 0.493 e. The van der Waals surface area contributed by atoms with E-state index in [1.807, 2.05) is 44.2 Å². The first-order chi connectivity index (χ1) is 19.2. The molecule has 10 heteroatoms.